The van der Waals surface area contributed by atoms with E-state index in [9.17, 15) is 23.5 Å². The van der Waals surface area contributed by atoms with Crippen LogP contribution in [0.5, 0.6) is 5.75 Å². The Labute approximate surface area is 201 Å². The fraction of sp³-hybridized carbons (Fsp3) is 0.167. The van der Waals surface area contributed by atoms with Crippen LogP contribution in [-0.4, -0.2) is 37.8 Å². The summed E-state index contributed by atoms with van der Waals surface area (Å²) >= 11 is 1.06. The van der Waals surface area contributed by atoms with Crippen molar-refractivity contribution in [3.8, 4) is 16.3 Å². The monoisotopic (exact) mass is 493 g/mol. The summed E-state index contributed by atoms with van der Waals surface area (Å²) in [7, 11) is 1.63. The number of fused-ring (bicyclic) bond motifs is 5. The molecule has 2 aromatic heterocycles. The van der Waals surface area contributed by atoms with E-state index in [1.165, 1.54) is 21.8 Å². The average molecular weight is 493 g/mol. The van der Waals surface area contributed by atoms with Gasteiger partial charge in [-0.15, -0.1) is 10.2 Å². The highest BCUT2D eigenvalue weighted by Crippen LogP contribution is 2.40. The molecule has 0 saturated heterocycles. The van der Waals surface area contributed by atoms with Gasteiger partial charge in [-0.2, -0.15) is 0 Å². The maximum absolute atomic E-state index is 14.1. The SMILES string of the molecule is CN1C(=O)c2c(O)c(=O)c(-c3nnc(Cc4ccc(F)cc4F)s3)cn2N2Cc3ccccc3[C@H]12. The number of nitrogens with zero attached hydrogens (tertiary/aromatic N) is 5. The topological polar surface area (TPSA) is 91.6 Å². The van der Waals surface area contributed by atoms with Gasteiger partial charge in [-0.25, -0.2) is 8.78 Å². The van der Waals surface area contributed by atoms with Gasteiger partial charge in [0.25, 0.3) is 5.91 Å². The van der Waals surface area contributed by atoms with Gasteiger partial charge in [0.2, 0.25) is 5.43 Å². The predicted octanol–water partition coefficient (Wildman–Crippen LogP) is 3.18. The molecule has 0 bridgehead atoms. The van der Waals surface area contributed by atoms with Gasteiger partial charge in [0.15, 0.2) is 16.5 Å². The van der Waals surface area contributed by atoms with Gasteiger partial charge >= 0.3 is 0 Å². The van der Waals surface area contributed by atoms with Gasteiger partial charge < -0.3 is 10.0 Å². The number of hydrogen-bond acceptors (Lipinski definition) is 7. The lowest BCUT2D eigenvalue weighted by Crippen LogP contribution is -2.51. The molecule has 2 aromatic carbocycles. The Balaban J connectivity index is 1.43. The van der Waals surface area contributed by atoms with Crippen molar-refractivity contribution >= 4 is 17.2 Å². The molecule has 1 atom stereocenters. The zero-order valence-electron chi connectivity index (χ0n) is 18.3. The summed E-state index contributed by atoms with van der Waals surface area (Å²) in [4.78, 5) is 27.7. The summed E-state index contributed by atoms with van der Waals surface area (Å²) in [5.74, 6) is -2.52. The van der Waals surface area contributed by atoms with Crippen molar-refractivity contribution in [2.45, 2.75) is 19.1 Å². The van der Waals surface area contributed by atoms with Crippen molar-refractivity contribution < 1.29 is 18.7 Å². The highest BCUT2D eigenvalue weighted by atomic mass is 32.1. The number of carbonyl (C=O) groups is 1. The standard InChI is InChI=1S/C24H17F2N5O3S/c1-29-23-15-5-3-2-4-13(15)10-31(23)30-11-16(20(32)21(33)19(30)24(29)34)22-28-27-18(35-22)8-12-6-7-14(25)9-17(12)26/h2-7,9,11,23,33H,8,10H2,1H3/t23-/m1/s1. The maximum atomic E-state index is 14.1. The second kappa shape index (κ2) is 7.70. The van der Waals surface area contributed by atoms with Crippen molar-refractivity contribution in [2.24, 2.45) is 0 Å². The van der Waals surface area contributed by atoms with Crippen LogP contribution in [0.25, 0.3) is 10.6 Å². The van der Waals surface area contributed by atoms with Crippen molar-refractivity contribution in [3.63, 3.8) is 0 Å². The number of hydrogen-bond donors (Lipinski definition) is 1. The van der Waals surface area contributed by atoms with E-state index in [0.29, 0.717) is 11.6 Å². The van der Waals surface area contributed by atoms with Gasteiger partial charge in [0, 0.05) is 31.3 Å². The molecule has 2 aliphatic heterocycles. The molecule has 11 heteroatoms. The van der Waals surface area contributed by atoms with Crippen LogP contribution in [0.4, 0.5) is 8.78 Å². The molecule has 6 rings (SSSR count). The summed E-state index contributed by atoms with van der Waals surface area (Å²) in [6.45, 7) is 0.471. The van der Waals surface area contributed by atoms with Crippen LogP contribution < -0.4 is 10.4 Å². The first-order chi connectivity index (χ1) is 16.8. The normalized spacial score (nSPS) is 16.3. The third-order valence-electron chi connectivity index (χ3n) is 6.33. The van der Waals surface area contributed by atoms with Crippen molar-refractivity contribution in [1.82, 2.24) is 19.8 Å². The van der Waals surface area contributed by atoms with Crippen molar-refractivity contribution in [3.05, 3.63) is 97.9 Å². The van der Waals surface area contributed by atoms with Gasteiger partial charge in [0.1, 0.15) is 22.8 Å². The molecular formula is C24H17F2N5O3S. The van der Waals surface area contributed by atoms with E-state index in [2.05, 4.69) is 10.2 Å². The van der Waals surface area contributed by atoms with Gasteiger partial charge in [-0.1, -0.05) is 41.7 Å². The Morgan fingerprint density at radius 3 is 2.74 bits per heavy atom. The number of carbonyl (C=O) groups excluding carboxylic acids is 1. The third kappa shape index (κ3) is 3.22. The quantitative estimate of drug-likeness (QED) is 0.472. The number of benzene rings is 2. The molecule has 0 fully saturated rings. The van der Waals surface area contributed by atoms with E-state index in [1.54, 1.807) is 7.05 Å². The van der Waals surface area contributed by atoms with E-state index in [0.717, 1.165) is 34.6 Å². The number of pyridine rings is 1. The third-order valence-corrected chi connectivity index (χ3v) is 7.29. The predicted molar refractivity (Wildman–Crippen MR) is 124 cm³/mol. The van der Waals surface area contributed by atoms with Crippen LogP contribution in [0.3, 0.4) is 0 Å². The zero-order chi connectivity index (χ0) is 24.4. The van der Waals surface area contributed by atoms with Gasteiger partial charge in [0.05, 0.1) is 12.1 Å². The van der Waals surface area contributed by atoms with E-state index in [1.807, 2.05) is 29.3 Å². The van der Waals surface area contributed by atoms with Crippen LogP contribution >= 0.6 is 11.3 Å². The fourth-order valence-electron chi connectivity index (χ4n) is 4.64. The summed E-state index contributed by atoms with van der Waals surface area (Å²) in [5, 5.41) is 21.4. The van der Waals surface area contributed by atoms with E-state index in [-0.39, 0.29) is 28.2 Å². The zero-order valence-corrected chi connectivity index (χ0v) is 19.1. The molecule has 35 heavy (non-hydrogen) atoms. The minimum absolute atomic E-state index is 0.0643. The van der Waals surface area contributed by atoms with E-state index in [4.69, 9.17) is 0 Å². The molecule has 0 saturated carbocycles. The maximum Gasteiger partial charge on any atom is 0.278 e. The number of halogens is 2. The number of aromatic hydroxyl groups is 1. The number of amides is 1. The molecule has 2 aliphatic rings. The lowest BCUT2D eigenvalue weighted by atomic mass is 10.1. The second-order valence-electron chi connectivity index (χ2n) is 8.41. The lowest BCUT2D eigenvalue weighted by molar-refractivity contribution is 0.0642. The van der Waals surface area contributed by atoms with Crippen LogP contribution in [0.1, 0.15) is 38.4 Å². The van der Waals surface area contributed by atoms with E-state index >= 15 is 0 Å². The van der Waals surface area contributed by atoms with Crippen LogP contribution in [0.2, 0.25) is 0 Å². The summed E-state index contributed by atoms with van der Waals surface area (Å²) < 4.78 is 28.8. The van der Waals surface area contributed by atoms with E-state index < -0.39 is 34.9 Å². The molecule has 4 heterocycles. The minimum Gasteiger partial charge on any atom is -0.502 e. The Hall–Kier alpha value is -4.12. The van der Waals surface area contributed by atoms with Crippen LogP contribution in [0.15, 0.2) is 53.5 Å². The smallest absolute Gasteiger partial charge is 0.278 e. The first-order valence-corrected chi connectivity index (χ1v) is 11.5. The molecule has 1 N–H and O–H groups in total. The molecular weight excluding hydrogens is 476 g/mol. The minimum atomic E-state index is -0.746. The summed E-state index contributed by atoms with van der Waals surface area (Å²) in [6.07, 6.45) is 1.16. The average Bonchev–Trinajstić information content (AvgIpc) is 3.46. The highest BCUT2D eigenvalue weighted by Gasteiger charge is 2.43. The van der Waals surface area contributed by atoms with Gasteiger partial charge in [-0.05, 0) is 17.2 Å². The summed E-state index contributed by atoms with van der Waals surface area (Å²) in [5.41, 5.74) is 1.44. The fourth-order valence-corrected chi connectivity index (χ4v) is 5.51. The molecule has 176 valence electrons. The number of aromatic nitrogens is 3. The molecule has 0 unspecified atom stereocenters. The summed E-state index contributed by atoms with van der Waals surface area (Å²) in [6, 6.07) is 11.0. The van der Waals surface area contributed by atoms with Gasteiger partial charge in [-0.3, -0.25) is 19.3 Å². The molecule has 4 aromatic rings. The highest BCUT2D eigenvalue weighted by molar-refractivity contribution is 7.14. The van der Waals surface area contributed by atoms with Crippen LogP contribution in [0, 0.1) is 11.6 Å². The molecule has 8 nitrogen and oxygen atoms in total. The first kappa shape index (κ1) is 21.4. The Morgan fingerprint density at radius 1 is 1.14 bits per heavy atom. The Morgan fingerprint density at radius 2 is 1.94 bits per heavy atom. The molecule has 1 amide bonds. The molecule has 0 aliphatic carbocycles. The van der Waals surface area contributed by atoms with Crippen molar-refractivity contribution in [1.29, 1.82) is 0 Å². The largest absolute Gasteiger partial charge is 0.502 e. The Kier molecular flexibility index (Phi) is 4.71. The second-order valence-corrected chi connectivity index (χ2v) is 9.48. The number of rotatable bonds is 3. The van der Waals surface area contributed by atoms with Crippen molar-refractivity contribution in [2.75, 3.05) is 12.1 Å². The first-order valence-electron chi connectivity index (χ1n) is 10.7. The molecule has 0 radical (unpaired) electrons. The van der Waals surface area contributed by atoms with Crippen LogP contribution in [-0.2, 0) is 13.0 Å². The lowest BCUT2D eigenvalue weighted by Gasteiger charge is -2.41. The Bertz CT molecular complexity index is 1580. The molecule has 0 spiro atoms.